The Kier molecular flexibility index (Phi) is 11.0. The Bertz CT molecular complexity index is 2800. The molecule has 0 heterocycles. The van der Waals surface area contributed by atoms with E-state index in [1.165, 1.54) is 32.3 Å². The van der Waals surface area contributed by atoms with Gasteiger partial charge in [-0.3, -0.25) is 0 Å². The molecule has 63 heavy (non-hydrogen) atoms. The van der Waals surface area contributed by atoms with Crippen molar-refractivity contribution in [3.05, 3.63) is 214 Å². The Balaban J connectivity index is 1.03. The van der Waals surface area contributed by atoms with Gasteiger partial charge in [-0.2, -0.15) is 0 Å². The Morgan fingerprint density at radius 1 is 0.286 bits per heavy atom. The van der Waals surface area contributed by atoms with Gasteiger partial charge in [0.25, 0.3) is 0 Å². The van der Waals surface area contributed by atoms with Gasteiger partial charge in [0.05, 0.1) is 21.3 Å². The van der Waals surface area contributed by atoms with E-state index in [4.69, 9.17) is 28.4 Å². The Hall–Kier alpha value is -7.44. The third-order valence-corrected chi connectivity index (χ3v) is 12.2. The summed E-state index contributed by atoms with van der Waals surface area (Å²) in [5.41, 5.74) is 10.1. The summed E-state index contributed by atoms with van der Waals surface area (Å²) in [6.45, 7) is 1.22. The van der Waals surface area contributed by atoms with Crippen LogP contribution < -0.4 is 28.4 Å². The van der Waals surface area contributed by atoms with Gasteiger partial charge in [-0.25, -0.2) is 0 Å². The highest BCUT2D eigenvalue weighted by atomic mass is 16.5. The monoisotopic (exact) mass is 828 g/mol. The lowest BCUT2D eigenvalue weighted by Crippen LogP contribution is -2.04. The second-order valence-corrected chi connectivity index (χ2v) is 16.3. The Morgan fingerprint density at radius 3 is 0.810 bits per heavy atom. The van der Waals surface area contributed by atoms with Crippen molar-refractivity contribution in [2.24, 2.45) is 0 Å². The van der Waals surface area contributed by atoms with Gasteiger partial charge < -0.3 is 28.4 Å². The van der Waals surface area contributed by atoms with Crippen molar-refractivity contribution >= 4 is 32.3 Å². The maximum atomic E-state index is 6.60. The summed E-state index contributed by atoms with van der Waals surface area (Å²) >= 11 is 0. The maximum absolute atomic E-state index is 6.60. The number of hydrogen-bond donors (Lipinski definition) is 0. The third-order valence-electron chi connectivity index (χ3n) is 12.2. The highest BCUT2D eigenvalue weighted by Gasteiger charge is 2.23. The lowest BCUT2D eigenvalue weighted by atomic mass is 9.94. The molecule has 0 N–H and O–H groups in total. The first-order chi connectivity index (χ1) is 31.0. The van der Waals surface area contributed by atoms with Crippen molar-refractivity contribution < 1.29 is 28.4 Å². The van der Waals surface area contributed by atoms with E-state index < -0.39 is 0 Å². The van der Waals surface area contributed by atoms with Crippen LogP contribution in [0.25, 0.3) is 32.3 Å². The fraction of sp³-hybridized carbons (Fsp3) is 0.158. The van der Waals surface area contributed by atoms with Gasteiger partial charge in [0.15, 0.2) is 34.5 Å². The highest BCUT2D eigenvalue weighted by Crippen LogP contribution is 2.41. The summed E-state index contributed by atoms with van der Waals surface area (Å²) in [5, 5.41) is 7.15. The smallest absolute Gasteiger partial charge is 0.161 e. The molecule has 9 aromatic carbocycles. The number of hydrogen-bond acceptors (Lipinski definition) is 6. The van der Waals surface area contributed by atoms with Gasteiger partial charge in [0.1, 0.15) is 19.8 Å². The summed E-state index contributed by atoms with van der Waals surface area (Å²) in [6.07, 6.45) is 1.95. The lowest BCUT2D eigenvalue weighted by Gasteiger charge is -2.18. The lowest BCUT2D eigenvalue weighted by molar-refractivity contribution is 0.284. The van der Waals surface area contributed by atoms with Crippen molar-refractivity contribution in [1.29, 1.82) is 0 Å². The van der Waals surface area contributed by atoms with E-state index in [1.807, 2.05) is 0 Å². The summed E-state index contributed by atoms with van der Waals surface area (Å²) < 4.78 is 37.9. The first kappa shape index (κ1) is 39.7. The van der Waals surface area contributed by atoms with Gasteiger partial charge in [0, 0.05) is 0 Å². The molecule has 9 aromatic rings. The number of fused-ring (bicyclic) bond motifs is 6. The topological polar surface area (TPSA) is 55.4 Å². The Labute approximate surface area is 368 Å². The number of benzene rings is 9. The molecule has 1 aliphatic rings. The first-order valence-electron chi connectivity index (χ1n) is 21.4. The summed E-state index contributed by atoms with van der Waals surface area (Å²) in [4.78, 5) is 0. The standard InChI is InChI=1S/C57H48O6/c1-58-52-28-46-25-50-32-56(62-35-38-17-20-41-11-5-8-14-44(41)23-38)54(60-3)30-48(50)27-51-33-57(63-36-39-18-21-42-12-6-9-15-45(42)24-39)53(59-2)29-47(51)26-49(46)31-55(52)61-34-37-16-19-40-10-4-7-13-43(40)22-37/h4-24,28-33H,25-27,34-36H2,1-3H3. The zero-order chi connectivity index (χ0) is 42.7. The van der Waals surface area contributed by atoms with Gasteiger partial charge in [0.2, 0.25) is 0 Å². The van der Waals surface area contributed by atoms with E-state index >= 15 is 0 Å². The molecule has 6 nitrogen and oxygen atoms in total. The van der Waals surface area contributed by atoms with Crippen molar-refractivity contribution in [3.8, 4) is 34.5 Å². The van der Waals surface area contributed by atoms with Crippen molar-refractivity contribution in [1.82, 2.24) is 0 Å². The van der Waals surface area contributed by atoms with Gasteiger partial charge in [-0.05, 0) is 156 Å². The SMILES string of the molecule is COc1cc2c(cc1OCc1ccc3ccccc3c1)Cc1cc(OC)c(OCc3ccc4ccccc4c3)cc1Cc1cc(OC)c(OCc3ccc4ccccc4c3)cc1C2. The van der Waals surface area contributed by atoms with Crippen LogP contribution in [0.1, 0.15) is 50.1 Å². The molecule has 0 saturated carbocycles. The molecule has 1 aliphatic carbocycles. The number of ether oxygens (including phenoxy) is 6. The largest absolute Gasteiger partial charge is 0.493 e. The zero-order valence-corrected chi connectivity index (χ0v) is 35.8. The van der Waals surface area contributed by atoms with Crippen molar-refractivity contribution in [2.45, 2.75) is 39.1 Å². The molecule has 312 valence electrons. The highest BCUT2D eigenvalue weighted by molar-refractivity contribution is 5.84. The molecule has 0 unspecified atom stereocenters. The van der Waals surface area contributed by atoms with Crippen LogP contribution in [0.3, 0.4) is 0 Å². The van der Waals surface area contributed by atoms with E-state index in [9.17, 15) is 0 Å². The minimum atomic E-state index is 0.406. The van der Waals surface area contributed by atoms with Crippen molar-refractivity contribution in [3.63, 3.8) is 0 Å². The molecule has 10 rings (SSSR count). The predicted molar refractivity (Wildman–Crippen MR) is 252 cm³/mol. The van der Waals surface area contributed by atoms with Gasteiger partial charge in [-0.15, -0.1) is 0 Å². The Morgan fingerprint density at radius 2 is 0.540 bits per heavy atom. The zero-order valence-electron chi connectivity index (χ0n) is 35.8. The molecule has 0 saturated heterocycles. The van der Waals surface area contributed by atoms with Crippen LogP contribution in [0.2, 0.25) is 0 Å². The van der Waals surface area contributed by atoms with E-state index in [2.05, 4.69) is 164 Å². The number of methoxy groups -OCH3 is 3. The van der Waals surface area contributed by atoms with Crippen LogP contribution in [-0.2, 0) is 39.1 Å². The average molecular weight is 829 g/mol. The van der Waals surface area contributed by atoms with E-state index in [-0.39, 0.29) is 0 Å². The molecule has 0 bridgehead atoms. The van der Waals surface area contributed by atoms with Crippen LogP contribution in [0.4, 0.5) is 0 Å². The molecule has 0 atom stereocenters. The van der Waals surface area contributed by atoms with Crippen LogP contribution in [0.15, 0.2) is 164 Å². The summed E-state index contributed by atoms with van der Waals surface area (Å²) in [6, 6.07) is 57.4. The van der Waals surface area contributed by atoms with Gasteiger partial charge in [-0.1, -0.05) is 109 Å². The molecule has 0 aliphatic heterocycles. The maximum Gasteiger partial charge on any atom is 0.161 e. The van der Waals surface area contributed by atoms with Crippen LogP contribution in [0, 0.1) is 0 Å². The van der Waals surface area contributed by atoms with Crippen LogP contribution >= 0.6 is 0 Å². The fourth-order valence-corrected chi connectivity index (χ4v) is 8.82. The molecule has 0 spiro atoms. The normalized spacial score (nSPS) is 12.0. The molecule has 6 heteroatoms. The van der Waals surface area contributed by atoms with Crippen LogP contribution in [0.5, 0.6) is 34.5 Å². The molecule has 0 aromatic heterocycles. The fourth-order valence-electron chi connectivity index (χ4n) is 8.82. The molecular weight excluding hydrogens is 781 g/mol. The third kappa shape index (κ3) is 8.45. The number of rotatable bonds is 12. The first-order valence-corrected chi connectivity index (χ1v) is 21.4. The molecule has 0 amide bonds. The van der Waals surface area contributed by atoms with Gasteiger partial charge >= 0.3 is 0 Å². The van der Waals surface area contributed by atoms with E-state index in [0.717, 1.165) is 50.1 Å². The quantitative estimate of drug-likeness (QED) is 0.122. The summed E-state index contributed by atoms with van der Waals surface area (Å²) in [7, 11) is 5.12. The predicted octanol–water partition coefficient (Wildman–Crippen LogP) is 13.0. The molecule has 0 radical (unpaired) electrons. The van der Waals surface area contributed by atoms with Crippen molar-refractivity contribution in [2.75, 3.05) is 21.3 Å². The molecular formula is C57H48O6. The minimum absolute atomic E-state index is 0.406. The van der Waals surface area contributed by atoms with E-state index in [1.54, 1.807) is 21.3 Å². The average Bonchev–Trinajstić information content (AvgIpc) is 3.38. The summed E-state index contributed by atoms with van der Waals surface area (Å²) in [5.74, 6) is 4.15. The van der Waals surface area contributed by atoms with E-state index in [0.29, 0.717) is 73.6 Å². The second-order valence-electron chi connectivity index (χ2n) is 16.3. The minimum Gasteiger partial charge on any atom is -0.493 e. The molecule has 0 fully saturated rings. The second kappa shape index (κ2) is 17.5. The van der Waals surface area contributed by atoms with Crippen LogP contribution in [-0.4, -0.2) is 21.3 Å².